The molecule has 0 saturated heterocycles. The van der Waals surface area contributed by atoms with E-state index >= 15 is 0 Å². The Bertz CT molecular complexity index is 1090. The normalized spacial score (nSPS) is 16.0. The molecule has 1 aromatic carbocycles. The SMILES string of the molecule is C=CCn1c(SCc2cc(=O)oc3cc4c(cc23)CCC4)nnc1C1CC1. The van der Waals surface area contributed by atoms with E-state index in [2.05, 4.69) is 33.5 Å². The van der Waals surface area contributed by atoms with Gasteiger partial charge >= 0.3 is 5.63 Å². The number of hydrogen-bond donors (Lipinski definition) is 0. The minimum atomic E-state index is -0.290. The van der Waals surface area contributed by atoms with Gasteiger partial charge in [0.05, 0.1) is 0 Å². The highest BCUT2D eigenvalue weighted by Gasteiger charge is 2.30. The van der Waals surface area contributed by atoms with Crippen LogP contribution in [0.3, 0.4) is 0 Å². The maximum Gasteiger partial charge on any atom is 0.336 e. The van der Waals surface area contributed by atoms with E-state index in [1.807, 2.05) is 6.08 Å². The van der Waals surface area contributed by atoms with Crippen LogP contribution in [0.25, 0.3) is 11.0 Å². The summed E-state index contributed by atoms with van der Waals surface area (Å²) in [7, 11) is 0. The van der Waals surface area contributed by atoms with Crippen LogP contribution in [-0.2, 0) is 25.1 Å². The van der Waals surface area contributed by atoms with E-state index in [0.717, 1.165) is 34.8 Å². The predicted octanol–water partition coefficient (Wildman–Crippen LogP) is 4.23. The summed E-state index contributed by atoms with van der Waals surface area (Å²) in [5, 5.41) is 10.7. The fourth-order valence-electron chi connectivity index (χ4n) is 3.91. The summed E-state index contributed by atoms with van der Waals surface area (Å²) in [6.45, 7) is 4.58. The third-order valence-corrected chi connectivity index (χ3v) is 6.41. The zero-order chi connectivity index (χ0) is 18.4. The van der Waals surface area contributed by atoms with E-state index in [9.17, 15) is 4.79 Å². The highest BCUT2D eigenvalue weighted by Crippen LogP contribution is 2.40. The molecule has 1 saturated carbocycles. The van der Waals surface area contributed by atoms with Crippen molar-refractivity contribution in [2.45, 2.75) is 55.5 Å². The minimum Gasteiger partial charge on any atom is -0.423 e. The van der Waals surface area contributed by atoms with Crippen LogP contribution in [0, 0.1) is 0 Å². The average Bonchev–Trinajstić information content (AvgIpc) is 3.26. The Kier molecular flexibility index (Phi) is 4.16. The molecule has 5 rings (SSSR count). The number of fused-ring (bicyclic) bond motifs is 2. The van der Waals surface area contributed by atoms with Crippen molar-refractivity contribution in [3.63, 3.8) is 0 Å². The molecule has 0 amide bonds. The quantitative estimate of drug-likeness (QED) is 0.364. The molecule has 138 valence electrons. The van der Waals surface area contributed by atoms with Crippen molar-refractivity contribution in [3.05, 3.63) is 63.8 Å². The number of nitrogens with zero attached hydrogens (tertiary/aromatic N) is 3. The second-order valence-electron chi connectivity index (χ2n) is 7.36. The van der Waals surface area contributed by atoms with Crippen LogP contribution >= 0.6 is 11.8 Å². The first-order chi connectivity index (χ1) is 13.2. The number of benzene rings is 1. The van der Waals surface area contributed by atoms with Gasteiger partial charge in [0.15, 0.2) is 5.16 Å². The number of aryl methyl sites for hydroxylation is 2. The lowest BCUT2D eigenvalue weighted by atomic mass is 10.0. The maximum absolute atomic E-state index is 12.1. The fourth-order valence-corrected chi connectivity index (χ4v) is 4.85. The van der Waals surface area contributed by atoms with Gasteiger partial charge in [-0.1, -0.05) is 17.8 Å². The Morgan fingerprint density at radius 2 is 2.04 bits per heavy atom. The summed E-state index contributed by atoms with van der Waals surface area (Å²) < 4.78 is 7.63. The van der Waals surface area contributed by atoms with Crippen molar-refractivity contribution >= 4 is 22.7 Å². The molecule has 3 aromatic rings. The molecule has 0 aliphatic heterocycles. The largest absolute Gasteiger partial charge is 0.423 e. The average molecular weight is 379 g/mol. The van der Waals surface area contributed by atoms with Crippen molar-refractivity contribution in [2.75, 3.05) is 0 Å². The molecule has 5 nitrogen and oxygen atoms in total. The van der Waals surface area contributed by atoms with E-state index in [-0.39, 0.29) is 5.63 Å². The fraction of sp³-hybridized carbons (Fsp3) is 0.381. The molecule has 0 unspecified atom stereocenters. The number of thioether (sulfide) groups is 1. The van der Waals surface area contributed by atoms with E-state index in [4.69, 9.17) is 4.42 Å². The molecule has 0 spiro atoms. The third kappa shape index (κ3) is 3.12. The number of allylic oxidation sites excluding steroid dienone is 1. The molecule has 0 bridgehead atoms. The third-order valence-electron chi connectivity index (χ3n) is 5.40. The van der Waals surface area contributed by atoms with Gasteiger partial charge in [0, 0.05) is 29.7 Å². The van der Waals surface area contributed by atoms with E-state index in [0.29, 0.717) is 23.8 Å². The number of aromatic nitrogens is 3. The van der Waals surface area contributed by atoms with Gasteiger partial charge in [0.1, 0.15) is 11.4 Å². The lowest BCUT2D eigenvalue weighted by molar-refractivity contribution is 0.559. The van der Waals surface area contributed by atoms with Crippen molar-refractivity contribution in [3.8, 4) is 0 Å². The van der Waals surface area contributed by atoms with E-state index in [1.54, 1.807) is 17.8 Å². The topological polar surface area (TPSA) is 60.9 Å². The van der Waals surface area contributed by atoms with Gasteiger partial charge in [0.2, 0.25) is 0 Å². The standard InChI is InChI=1S/C21H21N3O2S/c1-2-8-24-20(13-6-7-13)22-23-21(24)27-12-16-11-19(25)26-18-10-15-5-3-4-14(15)9-17(16)18/h2,9-11,13H,1,3-8,12H2. The van der Waals surface area contributed by atoms with Crippen molar-refractivity contribution in [1.82, 2.24) is 14.8 Å². The van der Waals surface area contributed by atoms with Crippen molar-refractivity contribution in [2.24, 2.45) is 0 Å². The molecule has 2 aromatic heterocycles. The minimum absolute atomic E-state index is 0.290. The first-order valence-corrected chi connectivity index (χ1v) is 10.5. The molecule has 0 N–H and O–H groups in total. The van der Waals surface area contributed by atoms with Gasteiger partial charge in [-0.15, -0.1) is 16.8 Å². The van der Waals surface area contributed by atoms with Gasteiger partial charge in [-0.2, -0.15) is 0 Å². The van der Waals surface area contributed by atoms with Crippen molar-refractivity contribution < 1.29 is 4.42 Å². The van der Waals surface area contributed by atoms with E-state index < -0.39 is 0 Å². The van der Waals surface area contributed by atoms with Gasteiger partial charge in [-0.25, -0.2) is 4.79 Å². The first kappa shape index (κ1) is 16.8. The van der Waals surface area contributed by atoms with Crippen LogP contribution < -0.4 is 5.63 Å². The van der Waals surface area contributed by atoms with Crippen LogP contribution in [0.5, 0.6) is 0 Å². The second kappa shape index (κ2) is 6.68. The number of hydrogen-bond acceptors (Lipinski definition) is 5. The van der Waals surface area contributed by atoms with Gasteiger partial charge in [0.25, 0.3) is 0 Å². The maximum atomic E-state index is 12.1. The smallest absolute Gasteiger partial charge is 0.336 e. The zero-order valence-corrected chi connectivity index (χ0v) is 15.9. The monoisotopic (exact) mass is 379 g/mol. The highest BCUT2D eigenvalue weighted by atomic mass is 32.2. The van der Waals surface area contributed by atoms with Crippen LogP contribution in [0.4, 0.5) is 0 Å². The van der Waals surface area contributed by atoms with Crippen LogP contribution in [0.1, 0.15) is 47.7 Å². The first-order valence-electron chi connectivity index (χ1n) is 9.48. The van der Waals surface area contributed by atoms with Crippen molar-refractivity contribution in [1.29, 1.82) is 0 Å². The lowest BCUT2D eigenvalue weighted by Crippen LogP contribution is -2.04. The molecule has 0 radical (unpaired) electrons. The Morgan fingerprint density at radius 1 is 1.22 bits per heavy atom. The van der Waals surface area contributed by atoms with Gasteiger partial charge < -0.3 is 8.98 Å². The van der Waals surface area contributed by atoms with E-state index in [1.165, 1.54) is 30.4 Å². The summed E-state index contributed by atoms with van der Waals surface area (Å²) in [5.41, 5.74) is 4.11. The molecule has 2 heterocycles. The Morgan fingerprint density at radius 3 is 2.81 bits per heavy atom. The predicted molar refractivity (Wildman–Crippen MR) is 106 cm³/mol. The molecular formula is C21H21N3O2S. The molecule has 27 heavy (non-hydrogen) atoms. The summed E-state index contributed by atoms with van der Waals surface area (Å²) in [6, 6.07) is 5.88. The van der Waals surface area contributed by atoms with Gasteiger partial charge in [-0.05, 0) is 60.9 Å². The Balaban J connectivity index is 1.48. The Hall–Kier alpha value is -2.34. The summed E-state index contributed by atoms with van der Waals surface area (Å²) >= 11 is 1.62. The zero-order valence-electron chi connectivity index (χ0n) is 15.1. The molecule has 2 aliphatic carbocycles. The molecular weight excluding hydrogens is 358 g/mol. The molecule has 2 aliphatic rings. The molecule has 6 heteroatoms. The van der Waals surface area contributed by atoms with Crippen LogP contribution in [0.2, 0.25) is 0 Å². The lowest BCUT2D eigenvalue weighted by Gasteiger charge is -2.09. The number of rotatable bonds is 6. The molecule has 0 atom stereocenters. The summed E-state index contributed by atoms with van der Waals surface area (Å²) in [4.78, 5) is 12.1. The highest BCUT2D eigenvalue weighted by molar-refractivity contribution is 7.98. The van der Waals surface area contributed by atoms with Gasteiger partial charge in [-0.3, -0.25) is 0 Å². The Labute approximate surface area is 161 Å². The summed E-state index contributed by atoms with van der Waals surface area (Å²) in [5.74, 6) is 2.27. The van der Waals surface area contributed by atoms with Crippen LogP contribution in [0.15, 0.2) is 45.2 Å². The van der Waals surface area contributed by atoms with Crippen LogP contribution in [-0.4, -0.2) is 14.8 Å². The second-order valence-corrected chi connectivity index (χ2v) is 8.31. The molecule has 1 fully saturated rings. The summed E-state index contributed by atoms with van der Waals surface area (Å²) in [6.07, 6.45) is 7.62.